The van der Waals surface area contributed by atoms with E-state index in [0.29, 0.717) is 31.9 Å². The predicted molar refractivity (Wildman–Crippen MR) is 93.7 cm³/mol. The number of rotatable bonds is 5. The van der Waals surface area contributed by atoms with Gasteiger partial charge in [0.1, 0.15) is 11.9 Å². The Balaban J connectivity index is 1.71. The smallest absolute Gasteiger partial charge is 0.262 e. The van der Waals surface area contributed by atoms with Crippen LogP contribution in [-0.2, 0) is 9.53 Å². The number of ether oxygens (including phenoxy) is 1. The average molecular weight is 341 g/mol. The second-order valence-electron chi connectivity index (χ2n) is 5.75. The van der Waals surface area contributed by atoms with Gasteiger partial charge < -0.3 is 4.74 Å². The first kappa shape index (κ1) is 17.3. The molecule has 1 N–H and O–H groups in total. The van der Waals surface area contributed by atoms with Crippen LogP contribution in [-0.4, -0.2) is 43.3 Å². The minimum Gasteiger partial charge on any atom is -0.379 e. The summed E-state index contributed by atoms with van der Waals surface area (Å²) in [4.78, 5) is 14.8. The van der Waals surface area contributed by atoms with E-state index in [1.54, 1.807) is 12.1 Å². The van der Waals surface area contributed by atoms with Crippen molar-refractivity contribution in [1.82, 2.24) is 10.3 Å². The molecule has 0 saturated carbocycles. The molecule has 1 fully saturated rings. The highest BCUT2D eigenvalue weighted by Crippen LogP contribution is 2.22. The van der Waals surface area contributed by atoms with Crippen molar-refractivity contribution in [1.29, 1.82) is 0 Å². The normalized spacial score (nSPS) is 16.7. The van der Waals surface area contributed by atoms with Gasteiger partial charge in [-0.1, -0.05) is 42.5 Å². The van der Waals surface area contributed by atoms with Gasteiger partial charge in [0.25, 0.3) is 5.91 Å². The van der Waals surface area contributed by atoms with Crippen molar-refractivity contribution in [3.63, 3.8) is 0 Å². The van der Waals surface area contributed by atoms with Gasteiger partial charge in [0.05, 0.1) is 19.4 Å². The largest absolute Gasteiger partial charge is 0.379 e. The molecule has 25 heavy (non-hydrogen) atoms. The van der Waals surface area contributed by atoms with E-state index in [-0.39, 0.29) is 11.7 Å². The van der Waals surface area contributed by atoms with E-state index in [1.807, 2.05) is 30.3 Å². The zero-order valence-corrected chi connectivity index (χ0v) is 13.8. The summed E-state index contributed by atoms with van der Waals surface area (Å²) in [5.74, 6) is -0.510. The fourth-order valence-electron chi connectivity index (χ4n) is 2.78. The van der Waals surface area contributed by atoms with Crippen LogP contribution in [0.5, 0.6) is 0 Å². The summed E-state index contributed by atoms with van der Waals surface area (Å²) in [6.07, 6.45) is 1.50. The lowest BCUT2D eigenvalue weighted by Gasteiger charge is -2.33. The summed E-state index contributed by atoms with van der Waals surface area (Å²) < 4.78 is 18.3. The lowest BCUT2D eigenvalue weighted by Crippen LogP contribution is -2.44. The first-order valence-electron chi connectivity index (χ1n) is 8.19. The Kier molecular flexibility index (Phi) is 5.87. The fraction of sp³-hybridized carbons (Fsp3) is 0.263. The quantitative estimate of drug-likeness (QED) is 0.671. The van der Waals surface area contributed by atoms with E-state index in [4.69, 9.17) is 4.74 Å². The van der Waals surface area contributed by atoms with Gasteiger partial charge in [-0.3, -0.25) is 9.69 Å². The van der Waals surface area contributed by atoms with Crippen LogP contribution in [0.1, 0.15) is 17.2 Å². The summed E-state index contributed by atoms with van der Waals surface area (Å²) in [6.45, 7) is 2.59. The Bertz CT molecular complexity index is 713. The second kappa shape index (κ2) is 8.50. The zero-order chi connectivity index (χ0) is 17.5. The van der Waals surface area contributed by atoms with Crippen LogP contribution in [0.2, 0.25) is 0 Å². The first-order chi connectivity index (χ1) is 12.2. The molecule has 1 aliphatic rings. The van der Waals surface area contributed by atoms with E-state index >= 15 is 0 Å². The summed E-state index contributed by atoms with van der Waals surface area (Å²) in [5, 5.41) is 4.01. The van der Waals surface area contributed by atoms with Crippen LogP contribution >= 0.6 is 0 Å². The molecule has 0 aliphatic carbocycles. The second-order valence-corrected chi connectivity index (χ2v) is 5.75. The SMILES string of the molecule is O=C(NN=Cc1ccc(F)cc1)[C@H](c1ccccc1)N1CCOCC1. The molecule has 2 aromatic carbocycles. The van der Waals surface area contributed by atoms with Crippen molar-refractivity contribution in [2.45, 2.75) is 6.04 Å². The van der Waals surface area contributed by atoms with E-state index in [2.05, 4.69) is 15.4 Å². The summed E-state index contributed by atoms with van der Waals surface area (Å²) in [7, 11) is 0. The molecular weight excluding hydrogens is 321 g/mol. The molecule has 0 spiro atoms. The van der Waals surface area contributed by atoms with Crippen LogP contribution in [0.15, 0.2) is 59.7 Å². The Morgan fingerprint density at radius 1 is 1.12 bits per heavy atom. The monoisotopic (exact) mass is 341 g/mol. The molecule has 1 heterocycles. The van der Waals surface area contributed by atoms with E-state index in [1.165, 1.54) is 18.3 Å². The van der Waals surface area contributed by atoms with Crippen LogP contribution in [0.25, 0.3) is 0 Å². The van der Waals surface area contributed by atoms with Gasteiger partial charge in [0.15, 0.2) is 0 Å². The Hall–Kier alpha value is -2.57. The van der Waals surface area contributed by atoms with Gasteiger partial charge >= 0.3 is 0 Å². The van der Waals surface area contributed by atoms with Gasteiger partial charge in [-0.2, -0.15) is 5.10 Å². The maximum absolute atomic E-state index is 12.9. The number of carbonyl (C=O) groups excluding carboxylic acids is 1. The third-order valence-corrected chi connectivity index (χ3v) is 4.03. The van der Waals surface area contributed by atoms with Gasteiger partial charge in [0.2, 0.25) is 0 Å². The highest BCUT2D eigenvalue weighted by molar-refractivity contribution is 5.85. The lowest BCUT2D eigenvalue weighted by atomic mass is 10.0. The third-order valence-electron chi connectivity index (χ3n) is 4.03. The Morgan fingerprint density at radius 2 is 1.80 bits per heavy atom. The number of amides is 1. The zero-order valence-electron chi connectivity index (χ0n) is 13.8. The topological polar surface area (TPSA) is 53.9 Å². The Labute approximate surface area is 146 Å². The average Bonchev–Trinajstić information content (AvgIpc) is 2.65. The Morgan fingerprint density at radius 3 is 2.48 bits per heavy atom. The molecule has 6 heteroatoms. The molecule has 1 amide bonds. The van der Waals surface area contributed by atoms with Crippen LogP contribution in [0, 0.1) is 5.82 Å². The molecule has 0 bridgehead atoms. The highest BCUT2D eigenvalue weighted by Gasteiger charge is 2.28. The maximum atomic E-state index is 12.9. The molecule has 0 radical (unpaired) electrons. The van der Waals surface area contributed by atoms with Crippen LogP contribution < -0.4 is 5.43 Å². The number of benzene rings is 2. The van der Waals surface area contributed by atoms with Gasteiger partial charge in [0, 0.05) is 13.1 Å². The van der Waals surface area contributed by atoms with Crippen molar-refractivity contribution in [2.75, 3.05) is 26.3 Å². The lowest BCUT2D eigenvalue weighted by molar-refractivity contribution is -0.128. The molecule has 2 aromatic rings. The van der Waals surface area contributed by atoms with Crippen LogP contribution in [0.3, 0.4) is 0 Å². The summed E-state index contributed by atoms with van der Waals surface area (Å²) >= 11 is 0. The number of nitrogens with zero attached hydrogens (tertiary/aromatic N) is 2. The number of morpholine rings is 1. The summed E-state index contributed by atoms with van der Waals surface area (Å²) in [6, 6.07) is 15.1. The third kappa shape index (κ3) is 4.71. The molecule has 1 saturated heterocycles. The van der Waals surface area contributed by atoms with Gasteiger partial charge in [-0.15, -0.1) is 0 Å². The van der Waals surface area contributed by atoms with Crippen molar-refractivity contribution in [2.24, 2.45) is 5.10 Å². The maximum Gasteiger partial charge on any atom is 0.262 e. The molecule has 5 nitrogen and oxygen atoms in total. The van der Waals surface area contributed by atoms with Crippen LogP contribution in [0.4, 0.5) is 4.39 Å². The number of nitrogens with one attached hydrogen (secondary N) is 1. The van der Waals surface area contributed by atoms with Crippen molar-refractivity contribution in [3.8, 4) is 0 Å². The van der Waals surface area contributed by atoms with Crippen molar-refractivity contribution < 1.29 is 13.9 Å². The van der Waals surface area contributed by atoms with Gasteiger partial charge in [-0.25, -0.2) is 9.82 Å². The van der Waals surface area contributed by atoms with Gasteiger partial charge in [-0.05, 0) is 23.3 Å². The van der Waals surface area contributed by atoms with Crippen molar-refractivity contribution >= 4 is 12.1 Å². The molecule has 0 unspecified atom stereocenters. The fourth-order valence-corrected chi connectivity index (χ4v) is 2.78. The molecule has 1 aliphatic heterocycles. The number of carbonyl (C=O) groups is 1. The minimum atomic E-state index is -0.421. The minimum absolute atomic E-state index is 0.202. The number of halogens is 1. The molecule has 1 atom stereocenters. The molecule has 0 aromatic heterocycles. The molecule has 130 valence electrons. The molecule has 3 rings (SSSR count). The predicted octanol–water partition coefficient (Wildman–Crippen LogP) is 2.35. The van der Waals surface area contributed by atoms with Crippen molar-refractivity contribution in [3.05, 3.63) is 71.5 Å². The van der Waals surface area contributed by atoms with E-state index < -0.39 is 6.04 Å². The van der Waals surface area contributed by atoms with E-state index in [9.17, 15) is 9.18 Å². The number of hydrogen-bond acceptors (Lipinski definition) is 4. The standard InChI is InChI=1S/C19H20FN3O2/c20-17-8-6-15(7-9-17)14-21-22-19(24)18(16-4-2-1-3-5-16)23-10-12-25-13-11-23/h1-9,14,18H,10-13H2,(H,22,24)/t18-/m0/s1. The molecular formula is C19H20FN3O2. The highest BCUT2D eigenvalue weighted by atomic mass is 19.1. The number of hydrogen-bond donors (Lipinski definition) is 1. The number of hydrazone groups is 1. The first-order valence-corrected chi connectivity index (χ1v) is 8.19. The summed E-state index contributed by atoms with van der Waals surface area (Å²) in [5.41, 5.74) is 4.22. The van der Waals surface area contributed by atoms with E-state index in [0.717, 1.165) is 5.56 Å².